The largest absolute Gasteiger partial charge is 0.330 e. The van der Waals surface area contributed by atoms with Gasteiger partial charge in [0.15, 0.2) is 0 Å². The molecule has 1 amide bonds. The van der Waals surface area contributed by atoms with E-state index < -0.39 is 20.2 Å². The third-order valence-electron chi connectivity index (χ3n) is 8.00. The third-order valence-corrected chi connectivity index (χ3v) is 10.6. The van der Waals surface area contributed by atoms with E-state index >= 15 is 0 Å². The van der Waals surface area contributed by atoms with Crippen molar-refractivity contribution in [1.29, 1.82) is 0 Å². The normalized spacial score (nSPS) is 25.3. The summed E-state index contributed by atoms with van der Waals surface area (Å²) in [5.74, 6) is 0.197. The molecule has 4 atom stereocenters. The molecule has 5 nitrogen and oxygen atoms in total. The van der Waals surface area contributed by atoms with Crippen LogP contribution in [0, 0.1) is 11.3 Å². The first kappa shape index (κ1) is 29.1. The first-order chi connectivity index (χ1) is 17.8. The molecule has 1 saturated carbocycles. The number of amides is 1. The number of halogens is 2. The molecule has 2 aromatic carbocycles. The summed E-state index contributed by atoms with van der Waals surface area (Å²) in [6, 6.07) is 14.9. The van der Waals surface area contributed by atoms with Gasteiger partial charge in [-0.2, -0.15) is 0 Å². The van der Waals surface area contributed by atoms with Gasteiger partial charge in [-0.15, -0.1) is 6.58 Å². The van der Waals surface area contributed by atoms with Gasteiger partial charge in [0.25, 0.3) is 0 Å². The Balaban J connectivity index is 1.86. The average Bonchev–Trinajstić information content (AvgIpc) is 3.67. The number of piperidine rings is 1. The molecule has 2 aromatic rings. The lowest BCUT2D eigenvalue weighted by Gasteiger charge is -2.52. The van der Waals surface area contributed by atoms with Crippen molar-refractivity contribution >= 4 is 39.1 Å². The Labute approximate surface area is 237 Å². The van der Waals surface area contributed by atoms with E-state index in [4.69, 9.17) is 23.2 Å². The zero-order chi connectivity index (χ0) is 27.9. The molecule has 206 valence electrons. The molecule has 0 radical (unpaired) electrons. The summed E-state index contributed by atoms with van der Waals surface area (Å²) in [4.78, 5) is 16.5. The van der Waals surface area contributed by atoms with Crippen LogP contribution in [0.15, 0.2) is 61.2 Å². The van der Waals surface area contributed by atoms with Gasteiger partial charge in [0.1, 0.15) is 0 Å². The Morgan fingerprint density at radius 1 is 1.11 bits per heavy atom. The molecule has 0 spiro atoms. The number of hydrogen-bond donors (Lipinski definition) is 1. The van der Waals surface area contributed by atoms with Crippen LogP contribution in [-0.4, -0.2) is 36.6 Å². The van der Waals surface area contributed by atoms with Crippen LogP contribution in [0.25, 0.3) is 0 Å². The van der Waals surface area contributed by atoms with E-state index in [0.717, 1.165) is 24.0 Å². The van der Waals surface area contributed by atoms with Gasteiger partial charge >= 0.3 is 0 Å². The minimum absolute atomic E-state index is 0.0301. The Bertz CT molecular complexity index is 1290. The molecule has 2 aliphatic rings. The molecule has 2 fully saturated rings. The molecule has 2 unspecified atom stereocenters. The van der Waals surface area contributed by atoms with Gasteiger partial charge in [-0.25, -0.2) is 13.1 Å². The molecule has 8 heteroatoms. The fraction of sp³-hybridized carbons (Fsp3) is 0.500. The zero-order valence-electron chi connectivity index (χ0n) is 22.6. The van der Waals surface area contributed by atoms with Gasteiger partial charge in [-0.05, 0) is 87.8 Å². The lowest BCUT2D eigenvalue weighted by atomic mass is 9.67. The summed E-state index contributed by atoms with van der Waals surface area (Å²) in [6.07, 6.45) is 4.87. The van der Waals surface area contributed by atoms with Crippen LogP contribution in [0.2, 0.25) is 10.0 Å². The van der Waals surface area contributed by atoms with Crippen LogP contribution in [0.4, 0.5) is 0 Å². The lowest BCUT2D eigenvalue weighted by molar-refractivity contribution is -0.155. The van der Waals surface area contributed by atoms with E-state index in [1.165, 1.54) is 0 Å². The highest BCUT2D eigenvalue weighted by molar-refractivity contribution is 7.90. The molecular formula is C30H38Cl2N2O3S. The second-order valence-corrected chi connectivity index (χ2v) is 15.4. The number of allylic oxidation sites excluding steroid dienone is 1. The lowest BCUT2D eigenvalue weighted by Crippen LogP contribution is -2.59. The van der Waals surface area contributed by atoms with Gasteiger partial charge in [-0.3, -0.25) is 4.79 Å². The van der Waals surface area contributed by atoms with Gasteiger partial charge in [-0.1, -0.05) is 60.5 Å². The van der Waals surface area contributed by atoms with Crippen molar-refractivity contribution in [2.24, 2.45) is 11.3 Å². The van der Waals surface area contributed by atoms with Crippen molar-refractivity contribution in [2.75, 3.05) is 6.54 Å². The van der Waals surface area contributed by atoms with Crippen LogP contribution in [0.3, 0.4) is 0 Å². The second-order valence-electron chi connectivity index (χ2n) is 12.0. The van der Waals surface area contributed by atoms with Crippen molar-refractivity contribution in [1.82, 2.24) is 9.62 Å². The monoisotopic (exact) mass is 576 g/mol. The summed E-state index contributed by atoms with van der Waals surface area (Å²) in [5.41, 5.74) is 1.33. The predicted molar refractivity (Wildman–Crippen MR) is 156 cm³/mol. The van der Waals surface area contributed by atoms with Crippen LogP contribution in [0.5, 0.6) is 0 Å². The van der Waals surface area contributed by atoms with E-state index in [9.17, 15) is 13.2 Å². The molecule has 1 aliphatic carbocycles. The molecule has 0 bridgehead atoms. The van der Waals surface area contributed by atoms with Gasteiger partial charge < -0.3 is 4.90 Å². The predicted octanol–water partition coefficient (Wildman–Crippen LogP) is 7.13. The summed E-state index contributed by atoms with van der Waals surface area (Å²) >= 11 is 12.7. The zero-order valence-corrected chi connectivity index (χ0v) is 24.9. The maximum atomic E-state index is 14.5. The standard InChI is InChI=1S/C30H38Cl2N2O3S/c1-6-16-30(5)18-25(22-8-7-9-24(32)17-22)27(21-12-14-23(31)15-13-21)34(28(30)35)26(20-10-11-20)19-33-38(36,37)29(2,3)4/h6-9,12-15,17,20,25-27,33H,1,10-11,16,18-19H2,2-5H3/t25?,26-,27?,30+/m1/s1. The second kappa shape index (κ2) is 11.0. The van der Waals surface area contributed by atoms with Crippen LogP contribution >= 0.6 is 23.2 Å². The highest BCUT2D eigenvalue weighted by atomic mass is 35.5. The van der Waals surface area contributed by atoms with Crippen LogP contribution in [0.1, 0.15) is 76.5 Å². The van der Waals surface area contributed by atoms with Crippen molar-refractivity contribution in [2.45, 2.75) is 76.1 Å². The number of nitrogens with one attached hydrogen (secondary N) is 1. The highest BCUT2D eigenvalue weighted by Crippen LogP contribution is 2.54. The van der Waals surface area contributed by atoms with Gasteiger partial charge in [0, 0.05) is 28.5 Å². The maximum Gasteiger partial charge on any atom is 0.229 e. The average molecular weight is 578 g/mol. The topological polar surface area (TPSA) is 66.5 Å². The van der Waals surface area contributed by atoms with Crippen LogP contribution < -0.4 is 4.72 Å². The fourth-order valence-corrected chi connectivity index (χ4v) is 6.79. The smallest absolute Gasteiger partial charge is 0.229 e. The minimum atomic E-state index is -3.59. The summed E-state index contributed by atoms with van der Waals surface area (Å²) in [7, 11) is -3.59. The van der Waals surface area contributed by atoms with Crippen molar-refractivity contribution in [3.05, 3.63) is 82.4 Å². The summed E-state index contributed by atoms with van der Waals surface area (Å²) in [6.45, 7) is 11.2. The quantitative estimate of drug-likeness (QED) is 0.323. The number of benzene rings is 2. The van der Waals surface area contributed by atoms with E-state index in [2.05, 4.69) is 17.4 Å². The molecule has 4 rings (SSSR count). The Kier molecular flexibility index (Phi) is 8.40. The number of rotatable bonds is 9. The van der Waals surface area contributed by atoms with E-state index in [1.807, 2.05) is 60.4 Å². The van der Waals surface area contributed by atoms with Crippen molar-refractivity contribution in [3.63, 3.8) is 0 Å². The molecule has 1 heterocycles. The molecule has 38 heavy (non-hydrogen) atoms. The summed E-state index contributed by atoms with van der Waals surface area (Å²) in [5, 5.41) is 1.26. The Morgan fingerprint density at radius 2 is 1.76 bits per heavy atom. The molecule has 1 aliphatic heterocycles. The van der Waals surface area contributed by atoms with E-state index in [1.54, 1.807) is 20.8 Å². The number of hydrogen-bond acceptors (Lipinski definition) is 3. The van der Waals surface area contributed by atoms with E-state index in [-0.39, 0.29) is 36.4 Å². The number of nitrogens with zero attached hydrogens (tertiary/aromatic N) is 1. The third kappa shape index (κ3) is 5.99. The first-order valence-electron chi connectivity index (χ1n) is 13.2. The molecular weight excluding hydrogens is 539 g/mol. The maximum absolute atomic E-state index is 14.5. The Morgan fingerprint density at radius 3 is 2.32 bits per heavy atom. The number of carbonyl (C=O) groups excluding carboxylic acids is 1. The van der Waals surface area contributed by atoms with E-state index in [0.29, 0.717) is 22.9 Å². The summed E-state index contributed by atoms with van der Waals surface area (Å²) < 4.78 is 28.0. The van der Waals surface area contributed by atoms with Gasteiger partial charge in [0.05, 0.1) is 16.2 Å². The van der Waals surface area contributed by atoms with Crippen molar-refractivity contribution in [3.8, 4) is 0 Å². The molecule has 1 N–H and O–H groups in total. The minimum Gasteiger partial charge on any atom is -0.330 e. The first-order valence-corrected chi connectivity index (χ1v) is 15.4. The SMILES string of the molecule is C=CC[C@@]1(C)CC(c2cccc(Cl)c2)C(c2ccc(Cl)cc2)N([C@H](CNS(=O)(=O)C(C)(C)C)C2CC2)C1=O. The van der Waals surface area contributed by atoms with Crippen molar-refractivity contribution < 1.29 is 13.2 Å². The highest BCUT2D eigenvalue weighted by Gasteiger charge is 2.53. The molecule has 1 saturated heterocycles. The number of sulfonamides is 1. The number of likely N-dealkylation sites (tertiary alicyclic amines) is 1. The number of carbonyl (C=O) groups is 1. The Hall–Kier alpha value is -1.86. The van der Waals surface area contributed by atoms with Gasteiger partial charge in [0.2, 0.25) is 15.9 Å². The molecule has 0 aromatic heterocycles. The van der Waals surface area contributed by atoms with Crippen LogP contribution in [-0.2, 0) is 14.8 Å². The fourth-order valence-electron chi connectivity index (χ4n) is 5.64.